The Morgan fingerprint density at radius 1 is 1.44 bits per heavy atom. The molecule has 0 N–H and O–H groups in total. The van der Waals surface area contributed by atoms with Gasteiger partial charge in [0.2, 0.25) is 0 Å². The van der Waals surface area contributed by atoms with Gasteiger partial charge in [-0.3, -0.25) is 4.79 Å². The van der Waals surface area contributed by atoms with Crippen LogP contribution in [-0.2, 0) is 4.74 Å². The Hall–Kier alpha value is -0.670. The Morgan fingerprint density at radius 3 is 2.69 bits per heavy atom. The molecule has 0 bridgehead atoms. The fourth-order valence-electron chi connectivity index (χ4n) is 2.04. The van der Waals surface area contributed by atoms with Crippen LogP contribution in [-0.4, -0.2) is 18.5 Å². The van der Waals surface area contributed by atoms with Crippen LogP contribution in [0.1, 0.15) is 30.1 Å². The van der Waals surface area contributed by atoms with Crippen LogP contribution < -0.4 is 0 Å². The topological polar surface area (TPSA) is 26.3 Å². The quantitative estimate of drug-likeness (QED) is 0.794. The first-order valence-corrected chi connectivity index (χ1v) is 6.39. The van der Waals surface area contributed by atoms with Crippen LogP contribution in [0.15, 0.2) is 28.7 Å². The number of hydrogen-bond donors (Lipinski definition) is 0. The predicted octanol–water partition coefficient (Wildman–Crippen LogP) is 3.45. The van der Waals surface area contributed by atoms with E-state index >= 15 is 0 Å². The summed E-state index contributed by atoms with van der Waals surface area (Å²) in [6.45, 7) is 2.75. The third-order valence-corrected chi connectivity index (χ3v) is 3.59. The number of Topliss-reactive ketones (excluding diaryl/α,β-unsaturated/α-hetero) is 1. The molecule has 1 aromatic rings. The maximum atomic E-state index is 12.1. The highest BCUT2D eigenvalue weighted by molar-refractivity contribution is 9.10. The average molecular weight is 283 g/mol. The molecular formula is C13H15BrO2. The SMILES string of the molecule is C[C@@H](C(=O)c1ccc(Br)cc1)[C@H]1CCCO1. The van der Waals surface area contributed by atoms with Crippen molar-refractivity contribution in [3.63, 3.8) is 0 Å². The van der Waals surface area contributed by atoms with E-state index in [1.54, 1.807) is 0 Å². The van der Waals surface area contributed by atoms with E-state index in [0.717, 1.165) is 29.5 Å². The second-order valence-corrected chi connectivity index (χ2v) is 5.13. The summed E-state index contributed by atoms with van der Waals surface area (Å²) in [5.41, 5.74) is 0.770. The van der Waals surface area contributed by atoms with Gasteiger partial charge in [-0.1, -0.05) is 35.0 Å². The Kier molecular flexibility index (Phi) is 3.77. The number of ether oxygens (including phenoxy) is 1. The molecule has 0 unspecified atom stereocenters. The van der Waals surface area contributed by atoms with E-state index in [1.807, 2.05) is 31.2 Å². The molecule has 0 amide bonds. The van der Waals surface area contributed by atoms with Gasteiger partial charge in [-0.25, -0.2) is 0 Å². The molecule has 1 saturated heterocycles. The number of carbonyl (C=O) groups is 1. The van der Waals surface area contributed by atoms with Crippen molar-refractivity contribution in [1.82, 2.24) is 0 Å². The number of carbonyl (C=O) groups excluding carboxylic acids is 1. The Balaban J connectivity index is 2.08. The molecule has 0 saturated carbocycles. The Morgan fingerprint density at radius 2 is 2.12 bits per heavy atom. The van der Waals surface area contributed by atoms with Gasteiger partial charge in [-0.15, -0.1) is 0 Å². The van der Waals surface area contributed by atoms with Crippen molar-refractivity contribution in [3.8, 4) is 0 Å². The zero-order chi connectivity index (χ0) is 11.5. The van der Waals surface area contributed by atoms with Crippen LogP contribution in [0.5, 0.6) is 0 Å². The molecule has 1 heterocycles. The summed E-state index contributed by atoms with van der Waals surface area (Å²) in [4.78, 5) is 12.1. The smallest absolute Gasteiger partial charge is 0.168 e. The van der Waals surface area contributed by atoms with E-state index < -0.39 is 0 Å². The van der Waals surface area contributed by atoms with Crippen molar-refractivity contribution < 1.29 is 9.53 Å². The van der Waals surface area contributed by atoms with Gasteiger partial charge in [0.05, 0.1) is 6.10 Å². The predicted molar refractivity (Wildman–Crippen MR) is 66.6 cm³/mol. The van der Waals surface area contributed by atoms with Crippen molar-refractivity contribution in [3.05, 3.63) is 34.3 Å². The molecule has 1 aromatic carbocycles. The largest absolute Gasteiger partial charge is 0.377 e. The van der Waals surface area contributed by atoms with E-state index in [0.29, 0.717) is 0 Å². The van der Waals surface area contributed by atoms with Crippen LogP contribution in [0.2, 0.25) is 0 Å². The molecule has 1 fully saturated rings. The molecule has 2 rings (SSSR count). The molecule has 1 aliphatic heterocycles. The molecular weight excluding hydrogens is 268 g/mol. The second-order valence-electron chi connectivity index (χ2n) is 4.21. The summed E-state index contributed by atoms with van der Waals surface area (Å²) in [7, 11) is 0. The van der Waals surface area contributed by atoms with Gasteiger partial charge in [-0.2, -0.15) is 0 Å². The third kappa shape index (κ3) is 2.53. The minimum Gasteiger partial charge on any atom is -0.377 e. The summed E-state index contributed by atoms with van der Waals surface area (Å²) < 4.78 is 6.55. The average Bonchev–Trinajstić information content (AvgIpc) is 2.81. The van der Waals surface area contributed by atoms with Crippen molar-refractivity contribution in [2.45, 2.75) is 25.9 Å². The molecule has 1 aliphatic rings. The van der Waals surface area contributed by atoms with Gasteiger partial charge < -0.3 is 4.74 Å². The van der Waals surface area contributed by atoms with Gasteiger partial charge in [0.25, 0.3) is 0 Å². The molecule has 0 radical (unpaired) electrons. The van der Waals surface area contributed by atoms with E-state index in [9.17, 15) is 4.79 Å². The van der Waals surface area contributed by atoms with E-state index in [1.165, 1.54) is 0 Å². The lowest BCUT2D eigenvalue weighted by molar-refractivity contribution is 0.0553. The fourth-order valence-corrected chi connectivity index (χ4v) is 2.31. The lowest BCUT2D eigenvalue weighted by atomic mass is 9.93. The molecule has 0 aromatic heterocycles. The summed E-state index contributed by atoms with van der Waals surface area (Å²) in [5.74, 6) is 0.142. The number of rotatable bonds is 3. The molecule has 0 aliphatic carbocycles. The van der Waals surface area contributed by atoms with Gasteiger partial charge in [0.1, 0.15) is 0 Å². The van der Waals surface area contributed by atoms with Gasteiger partial charge >= 0.3 is 0 Å². The van der Waals surface area contributed by atoms with Gasteiger partial charge in [0, 0.05) is 22.6 Å². The normalized spacial score (nSPS) is 22.0. The first-order valence-electron chi connectivity index (χ1n) is 5.60. The van der Waals surface area contributed by atoms with Crippen LogP contribution in [0.3, 0.4) is 0 Å². The summed E-state index contributed by atoms with van der Waals surface area (Å²) in [6.07, 6.45) is 2.18. The van der Waals surface area contributed by atoms with Crippen LogP contribution in [0.25, 0.3) is 0 Å². The zero-order valence-electron chi connectivity index (χ0n) is 9.28. The highest BCUT2D eigenvalue weighted by atomic mass is 79.9. The molecule has 2 atom stereocenters. The Bertz CT molecular complexity index is 366. The van der Waals surface area contributed by atoms with Crippen LogP contribution in [0.4, 0.5) is 0 Å². The highest BCUT2D eigenvalue weighted by Gasteiger charge is 2.28. The highest BCUT2D eigenvalue weighted by Crippen LogP contribution is 2.23. The monoisotopic (exact) mass is 282 g/mol. The molecule has 3 heteroatoms. The first-order chi connectivity index (χ1) is 7.68. The van der Waals surface area contributed by atoms with Crippen molar-refractivity contribution >= 4 is 21.7 Å². The number of ketones is 1. The maximum absolute atomic E-state index is 12.1. The van der Waals surface area contributed by atoms with Gasteiger partial charge in [0.15, 0.2) is 5.78 Å². The minimum atomic E-state index is -0.0383. The molecule has 86 valence electrons. The van der Waals surface area contributed by atoms with Crippen molar-refractivity contribution in [2.75, 3.05) is 6.61 Å². The third-order valence-electron chi connectivity index (χ3n) is 3.06. The van der Waals surface area contributed by atoms with Gasteiger partial charge in [-0.05, 0) is 25.0 Å². The molecule has 16 heavy (non-hydrogen) atoms. The molecule has 0 spiro atoms. The van der Waals surface area contributed by atoms with E-state index in [4.69, 9.17) is 4.74 Å². The summed E-state index contributed by atoms with van der Waals surface area (Å²) in [5, 5.41) is 0. The first kappa shape index (κ1) is 11.8. The lowest BCUT2D eigenvalue weighted by Crippen LogP contribution is -2.25. The standard InChI is InChI=1S/C13H15BrO2/c1-9(12-3-2-8-16-12)13(15)10-4-6-11(14)7-5-10/h4-7,9,12H,2-3,8H2,1H3/t9-,12-/m1/s1. The fraction of sp³-hybridized carbons (Fsp3) is 0.462. The minimum absolute atomic E-state index is 0.0383. The van der Waals surface area contributed by atoms with Crippen LogP contribution >= 0.6 is 15.9 Å². The number of hydrogen-bond acceptors (Lipinski definition) is 2. The van der Waals surface area contributed by atoms with E-state index in [-0.39, 0.29) is 17.8 Å². The Labute approximate surface area is 104 Å². The van der Waals surface area contributed by atoms with Crippen LogP contribution in [0, 0.1) is 5.92 Å². The number of benzene rings is 1. The maximum Gasteiger partial charge on any atom is 0.168 e. The molecule has 2 nitrogen and oxygen atoms in total. The lowest BCUT2D eigenvalue weighted by Gasteiger charge is -2.17. The summed E-state index contributed by atoms with van der Waals surface area (Å²) in [6, 6.07) is 7.51. The van der Waals surface area contributed by atoms with Crippen molar-refractivity contribution in [2.24, 2.45) is 5.92 Å². The summed E-state index contributed by atoms with van der Waals surface area (Å²) >= 11 is 3.36. The number of halogens is 1. The second kappa shape index (κ2) is 5.11. The van der Waals surface area contributed by atoms with E-state index in [2.05, 4.69) is 15.9 Å². The van der Waals surface area contributed by atoms with Crippen molar-refractivity contribution in [1.29, 1.82) is 0 Å². The zero-order valence-corrected chi connectivity index (χ0v) is 10.9.